The van der Waals surface area contributed by atoms with Gasteiger partial charge in [0, 0.05) is 30.5 Å². The Morgan fingerprint density at radius 3 is 2.39 bits per heavy atom. The fourth-order valence-electron chi connectivity index (χ4n) is 2.74. The number of nitrogens with zero attached hydrogens (tertiary/aromatic N) is 3. The highest BCUT2D eigenvalue weighted by Gasteiger charge is 2.20. The highest BCUT2D eigenvalue weighted by atomic mass is 16.5. The highest BCUT2D eigenvalue weighted by molar-refractivity contribution is 5.85. The molecule has 1 heterocycles. The van der Waals surface area contributed by atoms with Crippen LogP contribution in [0.4, 0.5) is 0 Å². The number of rotatable bonds is 8. The lowest BCUT2D eigenvalue weighted by atomic mass is 10.1. The number of aromatic nitrogens is 2. The number of likely N-dealkylation sites (N-methyl/N-ethyl adjacent to an activating group) is 1. The van der Waals surface area contributed by atoms with Crippen LogP contribution in [0, 0.1) is 0 Å². The zero-order valence-corrected chi connectivity index (χ0v) is 17.4. The van der Waals surface area contributed by atoms with Crippen molar-refractivity contribution in [1.82, 2.24) is 20.4 Å². The van der Waals surface area contributed by atoms with Gasteiger partial charge in [-0.3, -0.25) is 9.59 Å². The van der Waals surface area contributed by atoms with Crippen LogP contribution in [-0.2, 0) is 22.4 Å². The van der Waals surface area contributed by atoms with Gasteiger partial charge in [0.15, 0.2) is 0 Å². The quantitative estimate of drug-likeness (QED) is 0.753. The first-order valence-corrected chi connectivity index (χ1v) is 9.72. The monoisotopic (exact) mass is 386 g/mol. The predicted molar refractivity (Wildman–Crippen MR) is 108 cm³/mol. The van der Waals surface area contributed by atoms with Crippen molar-refractivity contribution in [3.63, 3.8) is 0 Å². The summed E-state index contributed by atoms with van der Waals surface area (Å²) in [6, 6.07) is 8.00. The Morgan fingerprint density at radius 1 is 1.14 bits per heavy atom. The minimum atomic E-state index is -0.324. The number of amides is 2. The van der Waals surface area contributed by atoms with Gasteiger partial charge < -0.3 is 14.7 Å². The van der Waals surface area contributed by atoms with Crippen LogP contribution < -0.4 is 5.32 Å². The molecular weight excluding hydrogens is 356 g/mol. The molecular formula is C21H30N4O3. The van der Waals surface area contributed by atoms with E-state index in [4.69, 9.17) is 4.52 Å². The molecule has 0 unspecified atom stereocenters. The van der Waals surface area contributed by atoms with Crippen molar-refractivity contribution >= 4 is 11.8 Å². The van der Waals surface area contributed by atoms with Crippen molar-refractivity contribution in [2.24, 2.45) is 0 Å². The minimum absolute atomic E-state index is 0.0471. The van der Waals surface area contributed by atoms with E-state index >= 15 is 0 Å². The van der Waals surface area contributed by atoms with Crippen LogP contribution in [-0.4, -0.2) is 45.5 Å². The summed E-state index contributed by atoms with van der Waals surface area (Å²) in [6.07, 6.45) is 1.53. The fraction of sp³-hybridized carbons (Fsp3) is 0.524. The molecule has 1 aromatic carbocycles. The number of aryl methyl sites for hydroxylation is 2. The number of carbonyl (C=O) groups excluding carboxylic acids is 2. The third kappa shape index (κ3) is 6.48. The van der Waals surface area contributed by atoms with E-state index < -0.39 is 0 Å². The average molecular weight is 386 g/mol. The van der Waals surface area contributed by atoms with E-state index in [9.17, 15) is 9.59 Å². The summed E-state index contributed by atoms with van der Waals surface area (Å²) in [7, 11) is 0. The van der Waals surface area contributed by atoms with Gasteiger partial charge in [-0.1, -0.05) is 36.3 Å². The largest absolute Gasteiger partial charge is 0.350 e. The lowest BCUT2D eigenvalue weighted by Crippen LogP contribution is -2.47. The summed E-state index contributed by atoms with van der Waals surface area (Å²) in [4.78, 5) is 30.4. The molecule has 7 nitrogen and oxygen atoms in total. The van der Waals surface area contributed by atoms with E-state index in [0.29, 0.717) is 24.7 Å². The van der Waals surface area contributed by atoms with Crippen molar-refractivity contribution in [1.29, 1.82) is 0 Å². The topological polar surface area (TPSA) is 88.3 Å². The van der Waals surface area contributed by atoms with Gasteiger partial charge >= 0.3 is 0 Å². The maximum Gasteiger partial charge on any atom is 0.240 e. The van der Waals surface area contributed by atoms with Crippen LogP contribution in [0.1, 0.15) is 52.5 Å². The van der Waals surface area contributed by atoms with Crippen LogP contribution in [0.3, 0.4) is 0 Å². The van der Waals surface area contributed by atoms with Crippen LogP contribution in [0.25, 0.3) is 11.4 Å². The third-order valence-corrected chi connectivity index (χ3v) is 4.22. The van der Waals surface area contributed by atoms with Crippen LogP contribution in [0.15, 0.2) is 28.8 Å². The van der Waals surface area contributed by atoms with Gasteiger partial charge in [-0.2, -0.15) is 4.98 Å². The summed E-state index contributed by atoms with van der Waals surface area (Å²) in [6.45, 7) is 10.2. The third-order valence-electron chi connectivity index (χ3n) is 4.22. The molecule has 1 N–H and O–H groups in total. The van der Waals surface area contributed by atoms with Gasteiger partial charge in [0.25, 0.3) is 0 Å². The van der Waals surface area contributed by atoms with Crippen molar-refractivity contribution in [2.75, 3.05) is 13.1 Å². The van der Waals surface area contributed by atoms with E-state index in [1.807, 2.05) is 52.0 Å². The molecule has 0 saturated heterocycles. The fourth-order valence-corrected chi connectivity index (χ4v) is 2.74. The molecule has 0 aliphatic heterocycles. The van der Waals surface area contributed by atoms with Crippen molar-refractivity contribution in [3.8, 4) is 11.4 Å². The van der Waals surface area contributed by atoms with Crippen LogP contribution in [0.5, 0.6) is 0 Å². The van der Waals surface area contributed by atoms with Gasteiger partial charge in [0.05, 0.1) is 6.54 Å². The lowest BCUT2D eigenvalue weighted by Gasteiger charge is -2.25. The highest BCUT2D eigenvalue weighted by Crippen LogP contribution is 2.17. The second-order valence-electron chi connectivity index (χ2n) is 7.77. The Bertz CT molecular complexity index is 791. The minimum Gasteiger partial charge on any atom is -0.350 e. The van der Waals surface area contributed by atoms with Crippen LogP contribution >= 0.6 is 0 Å². The van der Waals surface area contributed by atoms with Gasteiger partial charge in [-0.05, 0) is 39.7 Å². The summed E-state index contributed by atoms with van der Waals surface area (Å²) in [5, 5.41) is 6.87. The number of hydrogen-bond donors (Lipinski definition) is 1. The number of hydrogen-bond acceptors (Lipinski definition) is 5. The van der Waals surface area contributed by atoms with Crippen molar-refractivity contribution in [3.05, 3.63) is 35.7 Å². The second-order valence-corrected chi connectivity index (χ2v) is 7.77. The van der Waals surface area contributed by atoms with E-state index in [1.54, 1.807) is 0 Å². The normalized spacial score (nSPS) is 11.3. The first-order valence-electron chi connectivity index (χ1n) is 9.72. The summed E-state index contributed by atoms with van der Waals surface area (Å²) in [5.41, 5.74) is 1.80. The standard InChI is InChI=1S/C21H30N4O3/c1-6-15-8-10-16(11-9-15)20-22-18(28-24-20)12-13-19(27)25(7-2)14-17(26)23-21(3,4)5/h8-11H,6-7,12-14H2,1-5H3,(H,23,26). The zero-order valence-electron chi connectivity index (χ0n) is 17.4. The maximum absolute atomic E-state index is 12.5. The second kappa shape index (κ2) is 9.48. The first kappa shape index (κ1) is 21.6. The number of nitrogens with one attached hydrogen (secondary N) is 1. The zero-order chi connectivity index (χ0) is 20.7. The van der Waals surface area contributed by atoms with E-state index in [2.05, 4.69) is 22.4 Å². The summed E-state index contributed by atoms with van der Waals surface area (Å²) < 4.78 is 5.28. The van der Waals surface area contributed by atoms with Gasteiger partial charge in [0.1, 0.15) is 0 Å². The van der Waals surface area contributed by atoms with E-state index in [-0.39, 0.29) is 30.3 Å². The Kier molecular flexibility index (Phi) is 7.31. The van der Waals surface area contributed by atoms with Crippen LogP contribution in [0.2, 0.25) is 0 Å². The van der Waals surface area contributed by atoms with Gasteiger partial charge in [0.2, 0.25) is 23.5 Å². The number of benzene rings is 1. The molecule has 1 aromatic heterocycles. The molecule has 0 saturated carbocycles. The molecule has 0 spiro atoms. The Morgan fingerprint density at radius 2 is 1.82 bits per heavy atom. The molecule has 28 heavy (non-hydrogen) atoms. The molecule has 2 rings (SSSR count). The van der Waals surface area contributed by atoms with E-state index in [1.165, 1.54) is 10.5 Å². The summed E-state index contributed by atoms with van der Waals surface area (Å²) >= 11 is 0. The molecule has 2 aromatic rings. The number of carbonyl (C=O) groups is 2. The Balaban J connectivity index is 1.90. The van der Waals surface area contributed by atoms with Gasteiger partial charge in [-0.25, -0.2) is 0 Å². The maximum atomic E-state index is 12.5. The smallest absolute Gasteiger partial charge is 0.240 e. The molecule has 0 aliphatic carbocycles. The lowest BCUT2D eigenvalue weighted by molar-refractivity contribution is -0.136. The average Bonchev–Trinajstić information content (AvgIpc) is 3.11. The van der Waals surface area contributed by atoms with Crippen molar-refractivity contribution in [2.45, 2.75) is 59.4 Å². The van der Waals surface area contributed by atoms with Gasteiger partial charge in [-0.15, -0.1) is 0 Å². The predicted octanol–water partition coefficient (Wildman–Crippen LogP) is 2.99. The van der Waals surface area contributed by atoms with Crippen molar-refractivity contribution < 1.29 is 14.1 Å². The van der Waals surface area contributed by atoms with E-state index in [0.717, 1.165) is 12.0 Å². The molecule has 0 bridgehead atoms. The summed E-state index contributed by atoms with van der Waals surface area (Å²) in [5.74, 6) is 0.650. The Labute approximate surface area is 166 Å². The molecule has 7 heteroatoms. The molecule has 0 fully saturated rings. The molecule has 0 aliphatic rings. The SMILES string of the molecule is CCc1ccc(-c2noc(CCC(=O)N(CC)CC(=O)NC(C)(C)C)n2)cc1. The molecule has 152 valence electrons. The molecule has 0 atom stereocenters. The first-order chi connectivity index (χ1) is 13.2. The molecule has 0 radical (unpaired) electrons. The molecule has 2 amide bonds. The Hall–Kier alpha value is -2.70.